The van der Waals surface area contributed by atoms with Gasteiger partial charge in [0, 0.05) is 11.9 Å². The molecular formula is C9H12F2N2O2. The monoisotopic (exact) mass is 218 g/mol. The van der Waals surface area contributed by atoms with Gasteiger partial charge < -0.3 is 15.5 Å². The molecule has 0 aromatic carbocycles. The molecule has 84 valence electrons. The highest BCUT2D eigenvalue weighted by Gasteiger charge is 2.48. The molecule has 4 nitrogen and oxygen atoms in total. The number of ether oxygens (including phenoxy) is 1. The third kappa shape index (κ3) is 2.33. The maximum atomic E-state index is 13.3. The van der Waals surface area contributed by atoms with Gasteiger partial charge in [-0.3, -0.25) is 0 Å². The second-order valence-electron chi connectivity index (χ2n) is 2.95. The van der Waals surface area contributed by atoms with Crippen molar-refractivity contribution in [3.63, 3.8) is 0 Å². The van der Waals surface area contributed by atoms with Crippen LogP contribution in [-0.4, -0.2) is 23.5 Å². The number of alkyl halides is 2. The van der Waals surface area contributed by atoms with E-state index in [1.165, 1.54) is 25.3 Å². The van der Waals surface area contributed by atoms with Gasteiger partial charge in [-0.15, -0.1) is 0 Å². The third-order valence-electron chi connectivity index (χ3n) is 1.90. The van der Waals surface area contributed by atoms with Crippen LogP contribution in [0.4, 0.5) is 8.78 Å². The Morgan fingerprint density at radius 1 is 1.73 bits per heavy atom. The minimum absolute atomic E-state index is 0.0908. The number of aromatic nitrogens is 1. The van der Waals surface area contributed by atoms with Gasteiger partial charge in [-0.1, -0.05) is 0 Å². The highest BCUT2D eigenvalue weighted by atomic mass is 19.3. The Kier molecular flexibility index (Phi) is 3.41. The summed E-state index contributed by atoms with van der Waals surface area (Å²) in [6.07, 6.45) is 1.45. The lowest BCUT2D eigenvalue weighted by Crippen LogP contribution is -2.41. The van der Waals surface area contributed by atoms with Gasteiger partial charge in [-0.25, -0.2) is 4.79 Å². The fourth-order valence-electron chi connectivity index (χ4n) is 1.09. The van der Waals surface area contributed by atoms with Gasteiger partial charge in [0.2, 0.25) is 0 Å². The summed E-state index contributed by atoms with van der Waals surface area (Å²) in [5, 5.41) is 0. The average molecular weight is 218 g/mol. The summed E-state index contributed by atoms with van der Waals surface area (Å²) in [6, 6.07) is 1.19. The number of aromatic amines is 1. The Bertz CT molecular complexity index is 325. The molecule has 15 heavy (non-hydrogen) atoms. The number of carbonyl (C=O) groups is 1. The zero-order valence-electron chi connectivity index (χ0n) is 8.17. The topological polar surface area (TPSA) is 68.1 Å². The van der Waals surface area contributed by atoms with Crippen molar-refractivity contribution in [1.29, 1.82) is 0 Å². The Hall–Kier alpha value is -1.43. The second-order valence-corrected chi connectivity index (χ2v) is 2.95. The molecule has 0 unspecified atom stereocenters. The van der Waals surface area contributed by atoms with E-state index in [0.29, 0.717) is 0 Å². The van der Waals surface area contributed by atoms with Gasteiger partial charge in [0.15, 0.2) is 0 Å². The van der Waals surface area contributed by atoms with E-state index in [1.807, 2.05) is 0 Å². The summed E-state index contributed by atoms with van der Waals surface area (Å²) in [4.78, 5) is 13.5. The second kappa shape index (κ2) is 4.39. The van der Waals surface area contributed by atoms with Gasteiger partial charge >= 0.3 is 11.9 Å². The molecule has 6 heteroatoms. The lowest BCUT2D eigenvalue weighted by atomic mass is 10.1. The fraction of sp³-hybridized carbons (Fsp3) is 0.444. The number of rotatable bonds is 4. The van der Waals surface area contributed by atoms with Gasteiger partial charge in [0.1, 0.15) is 6.04 Å². The van der Waals surface area contributed by atoms with Gasteiger partial charge in [-0.05, 0) is 19.1 Å². The van der Waals surface area contributed by atoms with Crippen molar-refractivity contribution >= 4 is 5.97 Å². The Morgan fingerprint density at radius 2 is 2.40 bits per heavy atom. The first-order chi connectivity index (χ1) is 7.00. The first-order valence-corrected chi connectivity index (χ1v) is 4.44. The van der Waals surface area contributed by atoms with E-state index >= 15 is 0 Å². The average Bonchev–Trinajstić information content (AvgIpc) is 2.69. The standard InChI is InChI=1S/C9H12F2N2O2/c1-2-15-8(14)9(10,11)7(12)6-4-3-5-13-6/h3-5,7,13H,2,12H2,1H3/t7-/m0/s1. The molecule has 1 atom stereocenters. The van der Waals surface area contributed by atoms with Crippen LogP contribution < -0.4 is 5.73 Å². The molecule has 3 N–H and O–H groups in total. The van der Waals surface area contributed by atoms with Crippen LogP contribution in [0, 0.1) is 0 Å². The van der Waals surface area contributed by atoms with Crippen LogP contribution in [0.1, 0.15) is 18.7 Å². The lowest BCUT2D eigenvalue weighted by Gasteiger charge is -2.20. The third-order valence-corrected chi connectivity index (χ3v) is 1.90. The van der Waals surface area contributed by atoms with Crippen molar-refractivity contribution in [2.45, 2.75) is 18.9 Å². The molecule has 0 aliphatic rings. The van der Waals surface area contributed by atoms with E-state index in [1.54, 1.807) is 0 Å². The van der Waals surface area contributed by atoms with Gasteiger partial charge in [0.05, 0.1) is 6.61 Å². The van der Waals surface area contributed by atoms with E-state index in [0.717, 1.165) is 0 Å². The maximum Gasteiger partial charge on any atom is 0.379 e. The van der Waals surface area contributed by atoms with Gasteiger partial charge in [0.25, 0.3) is 0 Å². The first kappa shape index (κ1) is 11.6. The highest BCUT2D eigenvalue weighted by Crippen LogP contribution is 2.29. The van der Waals surface area contributed by atoms with Crippen LogP contribution in [0.2, 0.25) is 0 Å². The van der Waals surface area contributed by atoms with Crippen molar-refractivity contribution < 1.29 is 18.3 Å². The molecule has 0 aliphatic heterocycles. The number of carbonyl (C=O) groups excluding carboxylic acids is 1. The molecule has 0 radical (unpaired) electrons. The van der Waals surface area contributed by atoms with E-state index in [4.69, 9.17) is 5.73 Å². The molecule has 0 saturated heterocycles. The summed E-state index contributed by atoms with van der Waals surface area (Å²) in [5.74, 6) is -5.33. The zero-order chi connectivity index (χ0) is 11.5. The number of esters is 1. The normalized spacial score (nSPS) is 13.6. The minimum atomic E-state index is -3.72. The molecule has 0 amide bonds. The largest absolute Gasteiger partial charge is 0.462 e. The molecule has 0 aliphatic carbocycles. The van der Waals surface area contributed by atoms with Crippen LogP contribution in [0.15, 0.2) is 18.3 Å². The Balaban J connectivity index is 2.81. The van der Waals surface area contributed by atoms with E-state index in [-0.39, 0.29) is 12.3 Å². The molecule has 0 saturated carbocycles. The van der Waals surface area contributed by atoms with Crippen molar-refractivity contribution in [2.75, 3.05) is 6.61 Å². The number of nitrogens with one attached hydrogen (secondary N) is 1. The number of halogens is 2. The summed E-state index contributed by atoms with van der Waals surface area (Å²) in [6.45, 7) is 1.35. The number of hydrogen-bond donors (Lipinski definition) is 2. The molecule has 1 rings (SSSR count). The molecule has 0 bridgehead atoms. The molecule has 1 aromatic heterocycles. The first-order valence-electron chi connectivity index (χ1n) is 4.44. The van der Waals surface area contributed by atoms with E-state index in [9.17, 15) is 13.6 Å². The molecule has 1 aromatic rings. The van der Waals surface area contributed by atoms with Crippen LogP contribution >= 0.6 is 0 Å². The number of hydrogen-bond acceptors (Lipinski definition) is 3. The summed E-state index contributed by atoms with van der Waals surface area (Å²) >= 11 is 0. The van der Waals surface area contributed by atoms with Crippen LogP contribution in [-0.2, 0) is 9.53 Å². The Labute approximate surface area is 85.4 Å². The van der Waals surface area contributed by atoms with E-state index < -0.39 is 17.9 Å². The molecule has 1 heterocycles. The smallest absolute Gasteiger partial charge is 0.379 e. The highest BCUT2D eigenvalue weighted by molar-refractivity contribution is 5.78. The molecular weight excluding hydrogens is 206 g/mol. The number of nitrogens with two attached hydrogens (primary N) is 1. The number of H-pyrrole nitrogens is 1. The predicted octanol–water partition coefficient (Wildman–Crippen LogP) is 1.21. The lowest BCUT2D eigenvalue weighted by molar-refractivity contribution is -0.175. The van der Waals surface area contributed by atoms with Gasteiger partial charge in [-0.2, -0.15) is 8.78 Å². The minimum Gasteiger partial charge on any atom is -0.462 e. The zero-order valence-corrected chi connectivity index (χ0v) is 8.17. The van der Waals surface area contributed by atoms with E-state index in [2.05, 4.69) is 9.72 Å². The maximum absolute atomic E-state index is 13.3. The van der Waals surface area contributed by atoms with Crippen molar-refractivity contribution in [3.8, 4) is 0 Å². The quantitative estimate of drug-likeness (QED) is 0.746. The Morgan fingerprint density at radius 3 is 2.87 bits per heavy atom. The van der Waals surface area contributed by atoms with Crippen molar-refractivity contribution in [1.82, 2.24) is 4.98 Å². The van der Waals surface area contributed by atoms with Crippen LogP contribution in [0.3, 0.4) is 0 Å². The predicted molar refractivity (Wildman–Crippen MR) is 49.3 cm³/mol. The van der Waals surface area contributed by atoms with Crippen LogP contribution in [0.25, 0.3) is 0 Å². The summed E-state index contributed by atoms with van der Waals surface area (Å²) in [5.41, 5.74) is 5.36. The van der Waals surface area contributed by atoms with Crippen molar-refractivity contribution in [2.24, 2.45) is 5.73 Å². The molecule has 0 spiro atoms. The molecule has 0 fully saturated rings. The fourth-order valence-corrected chi connectivity index (χ4v) is 1.09. The summed E-state index contributed by atoms with van der Waals surface area (Å²) < 4.78 is 30.9. The van der Waals surface area contributed by atoms with Crippen LogP contribution in [0.5, 0.6) is 0 Å². The SMILES string of the molecule is CCOC(=O)C(F)(F)[C@@H](N)c1ccc[nH]1. The summed E-state index contributed by atoms with van der Waals surface area (Å²) in [7, 11) is 0. The van der Waals surface area contributed by atoms with Crippen molar-refractivity contribution in [3.05, 3.63) is 24.0 Å².